The van der Waals surface area contributed by atoms with Crippen LogP contribution in [0, 0.1) is 0 Å². The smallest absolute Gasteiger partial charge is 0.190 e. The number of sulfone groups is 1. The zero-order chi connectivity index (χ0) is 9.64. The first-order valence-corrected chi connectivity index (χ1v) is 6.53. The van der Waals surface area contributed by atoms with Crippen molar-refractivity contribution in [3.05, 3.63) is 17.0 Å². The average Bonchev–Trinajstić information content (AvgIpc) is 2.49. The van der Waals surface area contributed by atoms with Crippen molar-refractivity contribution < 1.29 is 8.42 Å². The first-order chi connectivity index (χ1) is 6.03. The van der Waals surface area contributed by atoms with Gasteiger partial charge in [-0.1, -0.05) is 0 Å². The second-order valence-electron chi connectivity index (χ2n) is 3.36. The zero-order valence-electron chi connectivity index (χ0n) is 7.23. The molecule has 2 atom stereocenters. The number of thiophene rings is 1. The minimum absolute atomic E-state index is 0.111. The third-order valence-electron chi connectivity index (χ3n) is 2.43. The molecule has 0 aliphatic carbocycles. The fourth-order valence-electron chi connectivity index (χ4n) is 1.61. The topological polar surface area (TPSA) is 60.2 Å². The highest BCUT2D eigenvalue weighted by atomic mass is 32.2. The minimum atomic E-state index is -3.07. The maximum absolute atomic E-state index is 11.8. The van der Waals surface area contributed by atoms with E-state index in [4.69, 9.17) is 5.73 Å². The Bertz CT molecular complexity index is 421. The van der Waals surface area contributed by atoms with Gasteiger partial charge in [0.2, 0.25) is 0 Å². The van der Waals surface area contributed by atoms with E-state index < -0.39 is 9.84 Å². The zero-order valence-corrected chi connectivity index (χ0v) is 8.86. The lowest BCUT2D eigenvalue weighted by Crippen LogP contribution is -2.29. The molecule has 0 amide bonds. The predicted octanol–water partition coefficient (Wildman–Crippen LogP) is 1.31. The molecule has 1 aliphatic rings. The van der Waals surface area contributed by atoms with Gasteiger partial charge < -0.3 is 5.73 Å². The van der Waals surface area contributed by atoms with E-state index in [2.05, 4.69) is 0 Å². The van der Waals surface area contributed by atoms with Crippen molar-refractivity contribution in [3.8, 4) is 0 Å². The molecule has 13 heavy (non-hydrogen) atoms. The van der Waals surface area contributed by atoms with Crippen molar-refractivity contribution in [2.24, 2.45) is 5.73 Å². The summed E-state index contributed by atoms with van der Waals surface area (Å²) in [6, 6.07) is 1.70. The van der Waals surface area contributed by atoms with E-state index in [0.717, 1.165) is 5.56 Å². The van der Waals surface area contributed by atoms with Crippen LogP contribution in [0.25, 0.3) is 0 Å². The Morgan fingerprint density at radius 2 is 2.31 bits per heavy atom. The summed E-state index contributed by atoms with van der Waals surface area (Å²) in [4.78, 5) is 0. The summed E-state index contributed by atoms with van der Waals surface area (Å²) >= 11 is 1.27. The summed E-state index contributed by atoms with van der Waals surface area (Å²) in [7, 11) is -3.07. The van der Waals surface area contributed by atoms with Gasteiger partial charge in [0.25, 0.3) is 0 Å². The van der Waals surface area contributed by atoms with E-state index in [-0.39, 0.29) is 11.3 Å². The molecule has 0 saturated carbocycles. The fraction of sp³-hybridized carbons (Fsp3) is 0.500. The van der Waals surface area contributed by atoms with Gasteiger partial charge in [0, 0.05) is 6.04 Å². The SMILES string of the molecule is C[C@H]1C[C@H](N)c2ccsc2S1(=O)=O. The highest BCUT2D eigenvalue weighted by Crippen LogP contribution is 2.37. The van der Waals surface area contributed by atoms with Crippen LogP contribution in [0.1, 0.15) is 24.9 Å². The highest BCUT2D eigenvalue weighted by molar-refractivity contribution is 7.94. The van der Waals surface area contributed by atoms with Crippen LogP contribution in [0.3, 0.4) is 0 Å². The summed E-state index contributed by atoms with van der Waals surface area (Å²) in [6.07, 6.45) is 0.534. The number of fused-ring (bicyclic) bond motifs is 1. The first-order valence-electron chi connectivity index (χ1n) is 4.10. The molecule has 0 spiro atoms. The van der Waals surface area contributed by atoms with E-state index >= 15 is 0 Å². The van der Waals surface area contributed by atoms with Crippen molar-refractivity contribution in [1.82, 2.24) is 0 Å². The summed E-state index contributed by atoms with van der Waals surface area (Å²) in [6.45, 7) is 1.72. The molecule has 1 aromatic heterocycles. The Balaban J connectivity index is 2.66. The van der Waals surface area contributed by atoms with Crippen molar-refractivity contribution in [3.63, 3.8) is 0 Å². The molecule has 2 heterocycles. The molecule has 1 aromatic rings. The lowest BCUT2D eigenvalue weighted by molar-refractivity contribution is 0.542. The van der Waals surface area contributed by atoms with Gasteiger partial charge in [-0.25, -0.2) is 8.42 Å². The molecule has 0 radical (unpaired) electrons. The molecule has 0 fully saturated rings. The molecule has 2 N–H and O–H groups in total. The Hall–Kier alpha value is -0.390. The maximum atomic E-state index is 11.8. The van der Waals surface area contributed by atoms with Gasteiger partial charge in [-0.15, -0.1) is 11.3 Å². The van der Waals surface area contributed by atoms with Crippen LogP contribution in [0.4, 0.5) is 0 Å². The number of nitrogens with two attached hydrogens (primary N) is 1. The monoisotopic (exact) mass is 217 g/mol. The van der Waals surface area contributed by atoms with E-state index in [1.54, 1.807) is 12.3 Å². The van der Waals surface area contributed by atoms with E-state index in [1.165, 1.54) is 11.3 Å². The lowest BCUT2D eigenvalue weighted by atomic mass is 10.1. The van der Waals surface area contributed by atoms with Gasteiger partial charge in [0.05, 0.1) is 5.25 Å². The molecule has 0 aromatic carbocycles. The lowest BCUT2D eigenvalue weighted by Gasteiger charge is -2.23. The van der Waals surface area contributed by atoms with Crippen LogP contribution in [0.5, 0.6) is 0 Å². The van der Waals surface area contributed by atoms with E-state index in [1.807, 2.05) is 6.07 Å². The number of hydrogen-bond donors (Lipinski definition) is 1. The van der Waals surface area contributed by atoms with Crippen molar-refractivity contribution in [2.45, 2.75) is 28.8 Å². The van der Waals surface area contributed by atoms with Gasteiger partial charge in [0.15, 0.2) is 9.84 Å². The number of rotatable bonds is 0. The molecular formula is C8H11NO2S2. The van der Waals surface area contributed by atoms with Crippen LogP contribution in [-0.4, -0.2) is 13.7 Å². The predicted molar refractivity (Wildman–Crippen MR) is 52.5 cm³/mol. The van der Waals surface area contributed by atoms with Crippen LogP contribution in [0.2, 0.25) is 0 Å². The Kier molecular flexibility index (Phi) is 1.98. The van der Waals surface area contributed by atoms with Gasteiger partial charge in [-0.2, -0.15) is 0 Å². The molecule has 1 aliphatic heterocycles. The van der Waals surface area contributed by atoms with Crippen molar-refractivity contribution >= 4 is 21.2 Å². The first kappa shape index (κ1) is 9.18. The molecule has 5 heteroatoms. The minimum Gasteiger partial charge on any atom is -0.324 e. The van der Waals surface area contributed by atoms with Crippen LogP contribution in [-0.2, 0) is 9.84 Å². The van der Waals surface area contributed by atoms with Crippen molar-refractivity contribution in [1.29, 1.82) is 0 Å². The van der Waals surface area contributed by atoms with Gasteiger partial charge in [-0.05, 0) is 30.4 Å². The van der Waals surface area contributed by atoms with Crippen LogP contribution >= 0.6 is 11.3 Å². The summed E-state index contributed by atoms with van der Waals surface area (Å²) in [5.41, 5.74) is 6.64. The molecule has 72 valence electrons. The van der Waals surface area contributed by atoms with Gasteiger partial charge in [0.1, 0.15) is 4.21 Å². The van der Waals surface area contributed by atoms with Gasteiger partial charge >= 0.3 is 0 Å². The molecule has 0 bridgehead atoms. The normalized spacial score (nSPS) is 31.2. The van der Waals surface area contributed by atoms with Crippen LogP contribution < -0.4 is 5.73 Å². The summed E-state index contributed by atoms with van der Waals surface area (Å²) in [5, 5.41) is 1.45. The molecule has 0 saturated heterocycles. The number of hydrogen-bond acceptors (Lipinski definition) is 4. The second-order valence-corrected chi connectivity index (χ2v) is 6.84. The van der Waals surface area contributed by atoms with Crippen molar-refractivity contribution in [2.75, 3.05) is 0 Å². The third-order valence-corrected chi connectivity index (χ3v) is 6.14. The maximum Gasteiger partial charge on any atom is 0.190 e. The highest BCUT2D eigenvalue weighted by Gasteiger charge is 2.35. The summed E-state index contributed by atoms with van der Waals surface area (Å²) in [5.74, 6) is 0. The third kappa shape index (κ3) is 1.22. The Morgan fingerprint density at radius 3 is 3.00 bits per heavy atom. The average molecular weight is 217 g/mol. The quantitative estimate of drug-likeness (QED) is 0.713. The van der Waals surface area contributed by atoms with Gasteiger partial charge in [-0.3, -0.25) is 0 Å². The largest absolute Gasteiger partial charge is 0.324 e. The fourth-order valence-corrected chi connectivity index (χ4v) is 4.87. The van der Waals surface area contributed by atoms with E-state index in [9.17, 15) is 8.42 Å². The standard InChI is InChI=1S/C8H11NO2S2/c1-5-4-7(9)6-2-3-12-8(6)13(5,10)11/h2-3,5,7H,4,9H2,1H3/t5-,7-/m0/s1. The molecule has 0 unspecified atom stereocenters. The second kappa shape index (κ2) is 2.80. The molecule has 3 nitrogen and oxygen atoms in total. The summed E-state index contributed by atoms with van der Waals surface area (Å²) < 4.78 is 24.0. The van der Waals surface area contributed by atoms with E-state index in [0.29, 0.717) is 10.6 Å². The molecule has 2 rings (SSSR count). The Morgan fingerprint density at radius 1 is 1.62 bits per heavy atom. The van der Waals surface area contributed by atoms with Crippen LogP contribution in [0.15, 0.2) is 15.7 Å². The molecular weight excluding hydrogens is 206 g/mol. The Labute approximate surface area is 81.5 Å².